The third-order valence-corrected chi connectivity index (χ3v) is 5.20. The molecule has 252 valence electrons. The fourth-order valence-electron chi connectivity index (χ4n) is 2.69. The van der Waals surface area contributed by atoms with Crippen LogP contribution in [0.3, 0.4) is 0 Å². The molecule has 0 aliphatic carbocycles. The van der Waals surface area contributed by atoms with Gasteiger partial charge in [-0.2, -0.15) is 0 Å². The van der Waals surface area contributed by atoms with E-state index >= 15 is 0 Å². The van der Waals surface area contributed by atoms with E-state index in [9.17, 15) is 4.79 Å². The van der Waals surface area contributed by atoms with Gasteiger partial charge in [-0.1, -0.05) is 22.6 Å². The Morgan fingerprint density at radius 1 is 0.357 bits per heavy atom. The maximum Gasteiger partial charge on any atom is 0.331 e. The highest BCUT2D eigenvalue weighted by atomic mass is 127. The summed E-state index contributed by atoms with van der Waals surface area (Å²) in [6.07, 6.45) is 0. The Hall–Kier alpha value is -0.280. The predicted octanol–water partition coefficient (Wildman–Crippen LogP) is 0.794. The van der Waals surface area contributed by atoms with E-state index in [2.05, 4.69) is 27.3 Å². The molecule has 0 rings (SSSR count). The highest BCUT2D eigenvalue weighted by Gasteiger charge is 1.99. The second kappa shape index (κ2) is 38.7. The number of hydrogen-bond acceptors (Lipinski definition) is 14. The van der Waals surface area contributed by atoms with Gasteiger partial charge in [-0.3, -0.25) is 0 Å². The molecule has 0 saturated carbocycles. The largest absolute Gasteiger partial charge is 0.467 e. The van der Waals surface area contributed by atoms with Gasteiger partial charge in [0.05, 0.1) is 159 Å². The molecule has 0 aromatic rings. The van der Waals surface area contributed by atoms with E-state index in [0.717, 1.165) is 11.0 Å². The Balaban J connectivity index is 3.04. The van der Waals surface area contributed by atoms with Crippen molar-refractivity contribution in [3.8, 4) is 0 Å². The summed E-state index contributed by atoms with van der Waals surface area (Å²) in [4.78, 5) is 10.8. The molecule has 0 bridgehead atoms. The Morgan fingerprint density at radius 3 is 0.738 bits per heavy atom. The molecule has 0 amide bonds. The van der Waals surface area contributed by atoms with E-state index in [1.165, 1.54) is 7.11 Å². The van der Waals surface area contributed by atoms with Crippen LogP contribution >= 0.6 is 22.6 Å². The molecule has 0 aromatic carbocycles. The quantitative estimate of drug-likeness (QED) is 0.0386. The fourth-order valence-corrected chi connectivity index (χ4v) is 3.00. The molecule has 0 spiro atoms. The summed E-state index contributed by atoms with van der Waals surface area (Å²) < 4.78 is 70.1. The van der Waals surface area contributed by atoms with Crippen LogP contribution in [-0.4, -0.2) is 176 Å². The number of alkyl halides is 1. The summed E-state index contributed by atoms with van der Waals surface area (Å²) in [6, 6.07) is 0. The molecular weight excluding hydrogens is 675 g/mol. The minimum atomic E-state index is -0.407. The topological polar surface area (TPSA) is 137 Å². The van der Waals surface area contributed by atoms with Gasteiger partial charge in [0.15, 0.2) is 0 Å². The summed E-state index contributed by atoms with van der Waals surface area (Å²) in [7, 11) is 1.32. The molecule has 0 aliphatic rings. The van der Waals surface area contributed by atoms with Crippen LogP contribution in [0, 0.1) is 0 Å². The molecule has 0 N–H and O–H groups in total. The normalized spacial score (nSPS) is 11.4. The summed E-state index contributed by atoms with van der Waals surface area (Å²) >= 11 is 2.27. The van der Waals surface area contributed by atoms with Crippen molar-refractivity contribution in [2.75, 3.05) is 170 Å². The van der Waals surface area contributed by atoms with E-state index in [1.54, 1.807) is 0 Å². The highest BCUT2D eigenvalue weighted by Crippen LogP contribution is 1.88. The summed E-state index contributed by atoms with van der Waals surface area (Å²) in [5.41, 5.74) is 0. The maximum absolute atomic E-state index is 10.8. The predicted molar refractivity (Wildman–Crippen MR) is 161 cm³/mol. The lowest BCUT2D eigenvalue weighted by atomic mass is 10.6. The number of rotatable bonds is 37. The van der Waals surface area contributed by atoms with Crippen LogP contribution in [0.2, 0.25) is 0 Å². The molecule has 42 heavy (non-hydrogen) atoms. The Bertz CT molecular complexity index is 521. The van der Waals surface area contributed by atoms with E-state index in [4.69, 9.17) is 56.8 Å². The smallest absolute Gasteiger partial charge is 0.331 e. The molecule has 0 heterocycles. The lowest BCUT2D eigenvalue weighted by Crippen LogP contribution is -2.16. The molecule has 0 unspecified atom stereocenters. The van der Waals surface area contributed by atoms with Crippen LogP contribution in [0.4, 0.5) is 0 Å². The zero-order valence-corrected chi connectivity index (χ0v) is 27.4. The van der Waals surface area contributed by atoms with E-state index in [1.807, 2.05) is 0 Å². The van der Waals surface area contributed by atoms with Crippen molar-refractivity contribution in [3.63, 3.8) is 0 Å². The average molecular weight is 729 g/mol. The second-order valence-electron chi connectivity index (χ2n) is 8.05. The van der Waals surface area contributed by atoms with Crippen molar-refractivity contribution in [2.24, 2.45) is 0 Å². The first kappa shape index (κ1) is 41.7. The van der Waals surface area contributed by atoms with Crippen LogP contribution in [0.15, 0.2) is 0 Å². The van der Waals surface area contributed by atoms with E-state index in [0.29, 0.717) is 145 Å². The first-order chi connectivity index (χ1) is 20.8. The van der Waals surface area contributed by atoms with Gasteiger partial charge in [-0.05, 0) is 0 Å². The van der Waals surface area contributed by atoms with Crippen molar-refractivity contribution < 1.29 is 66.4 Å². The van der Waals surface area contributed by atoms with E-state index in [-0.39, 0.29) is 6.61 Å². The van der Waals surface area contributed by atoms with Gasteiger partial charge >= 0.3 is 5.97 Å². The number of carbonyl (C=O) groups excluding carboxylic acids is 1. The van der Waals surface area contributed by atoms with Crippen molar-refractivity contribution in [3.05, 3.63) is 0 Å². The van der Waals surface area contributed by atoms with E-state index < -0.39 is 5.97 Å². The molecule has 0 radical (unpaired) electrons. The molecular formula is C27H53IO14. The minimum absolute atomic E-state index is 0.0693. The Morgan fingerprint density at radius 2 is 0.548 bits per heavy atom. The van der Waals surface area contributed by atoms with Crippen molar-refractivity contribution in [2.45, 2.75) is 0 Å². The third kappa shape index (κ3) is 37.7. The SMILES string of the molecule is COC(=O)COCCOCCOCCOCCOCCOCCOCCOCCOCCOCCOCCOCCI. The number of halogens is 1. The van der Waals surface area contributed by atoms with Crippen molar-refractivity contribution >= 4 is 28.6 Å². The Kier molecular flexibility index (Phi) is 38.5. The maximum atomic E-state index is 10.8. The zero-order chi connectivity index (χ0) is 30.4. The molecule has 0 saturated heterocycles. The van der Waals surface area contributed by atoms with Crippen LogP contribution in [0.1, 0.15) is 0 Å². The van der Waals surface area contributed by atoms with Crippen LogP contribution in [0.25, 0.3) is 0 Å². The van der Waals surface area contributed by atoms with Gasteiger partial charge in [-0.15, -0.1) is 0 Å². The number of hydrogen-bond donors (Lipinski definition) is 0. The van der Waals surface area contributed by atoms with Crippen LogP contribution in [0.5, 0.6) is 0 Å². The van der Waals surface area contributed by atoms with Gasteiger partial charge in [0.25, 0.3) is 0 Å². The highest BCUT2D eigenvalue weighted by molar-refractivity contribution is 14.1. The first-order valence-electron chi connectivity index (χ1n) is 14.4. The number of methoxy groups -OCH3 is 1. The molecule has 15 heteroatoms. The molecule has 14 nitrogen and oxygen atoms in total. The second-order valence-corrected chi connectivity index (χ2v) is 9.13. The monoisotopic (exact) mass is 728 g/mol. The number of esters is 1. The lowest BCUT2D eigenvalue weighted by molar-refractivity contribution is -0.146. The molecule has 0 atom stereocenters. The van der Waals surface area contributed by atoms with Crippen LogP contribution < -0.4 is 0 Å². The van der Waals surface area contributed by atoms with Gasteiger partial charge < -0.3 is 61.6 Å². The number of ether oxygens (including phenoxy) is 13. The third-order valence-electron chi connectivity index (χ3n) is 4.76. The minimum Gasteiger partial charge on any atom is -0.467 e. The summed E-state index contributed by atoms with van der Waals surface area (Å²) in [5.74, 6) is -0.407. The Labute approximate surface area is 264 Å². The molecule has 0 aliphatic heterocycles. The fraction of sp³-hybridized carbons (Fsp3) is 0.963. The summed E-state index contributed by atoms with van der Waals surface area (Å²) in [6.45, 7) is 11.7. The van der Waals surface area contributed by atoms with Gasteiger partial charge in [0.1, 0.15) is 6.61 Å². The molecule has 0 fully saturated rings. The van der Waals surface area contributed by atoms with Gasteiger partial charge in [-0.25, -0.2) is 4.79 Å². The average Bonchev–Trinajstić information content (AvgIpc) is 3.00. The van der Waals surface area contributed by atoms with Gasteiger partial charge in [0.2, 0.25) is 0 Å². The standard InChI is InChI=1S/C27H53IO14/c1-30-27(29)26-42-25-24-41-23-22-40-21-20-39-19-18-38-17-16-37-15-14-36-13-12-35-11-10-34-9-8-33-7-6-32-5-4-31-3-2-28/h2-26H2,1H3. The van der Waals surface area contributed by atoms with Gasteiger partial charge in [0, 0.05) is 4.43 Å². The number of carbonyl (C=O) groups is 1. The summed E-state index contributed by atoms with van der Waals surface area (Å²) in [5, 5.41) is 0. The van der Waals surface area contributed by atoms with Crippen LogP contribution in [-0.2, 0) is 66.4 Å². The first-order valence-corrected chi connectivity index (χ1v) is 15.9. The lowest BCUT2D eigenvalue weighted by Gasteiger charge is -2.09. The zero-order valence-electron chi connectivity index (χ0n) is 25.3. The molecule has 0 aromatic heterocycles. The van der Waals surface area contributed by atoms with Crippen molar-refractivity contribution in [1.29, 1.82) is 0 Å². The van der Waals surface area contributed by atoms with Crippen molar-refractivity contribution in [1.82, 2.24) is 0 Å².